The van der Waals surface area contributed by atoms with E-state index in [-0.39, 0.29) is 0 Å². The molecule has 4 heteroatoms. The highest BCUT2D eigenvalue weighted by atomic mass is 35.5. The third-order valence-corrected chi connectivity index (χ3v) is 5.23. The maximum Gasteiger partial charge on any atom is 0.123 e. The Kier molecular flexibility index (Phi) is 3.37. The van der Waals surface area contributed by atoms with Crippen molar-refractivity contribution in [2.24, 2.45) is 5.92 Å². The molecular weight excluding hydrogens is 272 g/mol. The summed E-state index contributed by atoms with van der Waals surface area (Å²) >= 11 is 6.06. The van der Waals surface area contributed by atoms with Gasteiger partial charge in [0.05, 0.1) is 0 Å². The Morgan fingerprint density at radius 1 is 1.35 bits per heavy atom. The Morgan fingerprint density at radius 3 is 3.25 bits per heavy atom. The molecule has 3 aliphatic rings. The summed E-state index contributed by atoms with van der Waals surface area (Å²) in [4.78, 5) is 2.65. The van der Waals surface area contributed by atoms with Gasteiger partial charge in [-0.15, -0.1) is 0 Å². The van der Waals surface area contributed by atoms with Crippen LogP contribution in [0.25, 0.3) is 0 Å². The predicted molar refractivity (Wildman–Crippen MR) is 80.5 cm³/mol. The van der Waals surface area contributed by atoms with Crippen molar-refractivity contribution >= 4 is 11.6 Å². The molecule has 0 saturated carbocycles. The van der Waals surface area contributed by atoms with Crippen molar-refractivity contribution in [3.8, 4) is 5.75 Å². The van der Waals surface area contributed by atoms with Crippen LogP contribution in [0.5, 0.6) is 5.75 Å². The van der Waals surface area contributed by atoms with Crippen molar-refractivity contribution < 1.29 is 4.74 Å². The molecule has 3 atom stereocenters. The number of likely N-dealkylation sites (tertiary alicyclic amines) is 1. The highest BCUT2D eigenvalue weighted by Crippen LogP contribution is 2.33. The summed E-state index contributed by atoms with van der Waals surface area (Å²) in [5.74, 6) is 1.87. The van der Waals surface area contributed by atoms with Crippen LogP contribution in [0.3, 0.4) is 0 Å². The van der Waals surface area contributed by atoms with Gasteiger partial charge in [0.15, 0.2) is 0 Å². The van der Waals surface area contributed by atoms with Crippen LogP contribution in [0.4, 0.5) is 0 Å². The average Bonchev–Trinajstić information content (AvgIpc) is 3.04. The zero-order valence-corrected chi connectivity index (χ0v) is 12.4. The molecule has 2 saturated heterocycles. The van der Waals surface area contributed by atoms with Crippen LogP contribution in [0.1, 0.15) is 18.4 Å². The molecule has 0 bridgehead atoms. The van der Waals surface area contributed by atoms with E-state index in [2.05, 4.69) is 10.2 Å². The smallest absolute Gasteiger partial charge is 0.123 e. The molecule has 3 nitrogen and oxygen atoms in total. The fourth-order valence-corrected chi connectivity index (χ4v) is 4.24. The minimum Gasteiger partial charge on any atom is -0.488 e. The minimum absolute atomic E-state index is 0.294. The topological polar surface area (TPSA) is 24.5 Å². The Morgan fingerprint density at radius 2 is 2.30 bits per heavy atom. The van der Waals surface area contributed by atoms with Gasteiger partial charge in [-0.1, -0.05) is 11.6 Å². The molecule has 0 aromatic heterocycles. The van der Waals surface area contributed by atoms with Crippen LogP contribution < -0.4 is 10.1 Å². The van der Waals surface area contributed by atoms with E-state index in [9.17, 15) is 0 Å². The Hall–Kier alpha value is -0.770. The first kappa shape index (κ1) is 12.9. The highest BCUT2D eigenvalue weighted by molar-refractivity contribution is 6.30. The van der Waals surface area contributed by atoms with E-state index in [1.54, 1.807) is 0 Å². The first-order valence-electron chi connectivity index (χ1n) is 7.69. The highest BCUT2D eigenvalue weighted by Gasteiger charge is 2.37. The van der Waals surface area contributed by atoms with Crippen molar-refractivity contribution in [2.75, 3.05) is 26.2 Å². The third-order valence-electron chi connectivity index (χ3n) is 5.00. The maximum absolute atomic E-state index is 6.09. The second-order valence-electron chi connectivity index (χ2n) is 6.32. The number of hydrogen-bond acceptors (Lipinski definition) is 3. The standard InChI is InChI=1S/C16H21ClN2O/c17-13-3-4-16-12(6-13)7-14(20-16)10-19-5-1-2-11-8-18-9-15(11)19/h3-4,6,11,14-15,18H,1-2,5,7-10H2. The molecule has 1 aromatic rings. The summed E-state index contributed by atoms with van der Waals surface area (Å²) in [5, 5.41) is 4.35. The van der Waals surface area contributed by atoms with Gasteiger partial charge >= 0.3 is 0 Å². The molecule has 0 spiro atoms. The van der Waals surface area contributed by atoms with Gasteiger partial charge in [-0.25, -0.2) is 0 Å². The molecule has 3 heterocycles. The van der Waals surface area contributed by atoms with Crippen LogP contribution in [-0.2, 0) is 6.42 Å². The molecule has 20 heavy (non-hydrogen) atoms. The van der Waals surface area contributed by atoms with Gasteiger partial charge < -0.3 is 10.1 Å². The molecule has 3 unspecified atom stereocenters. The molecule has 1 N–H and O–H groups in total. The van der Waals surface area contributed by atoms with E-state index >= 15 is 0 Å². The third kappa shape index (κ3) is 2.32. The lowest BCUT2D eigenvalue weighted by atomic mass is 9.91. The second-order valence-corrected chi connectivity index (χ2v) is 6.76. The van der Waals surface area contributed by atoms with Crippen molar-refractivity contribution in [1.82, 2.24) is 10.2 Å². The van der Waals surface area contributed by atoms with Gasteiger partial charge in [-0.2, -0.15) is 0 Å². The SMILES string of the molecule is Clc1ccc2c(c1)CC(CN1CCCC3CNCC31)O2. The summed E-state index contributed by atoms with van der Waals surface area (Å²) < 4.78 is 6.09. The number of nitrogens with one attached hydrogen (secondary N) is 1. The number of ether oxygens (including phenoxy) is 1. The number of halogens is 1. The molecular formula is C16H21ClN2O. The second kappa shape index (κ2) is 5.21. The Labute approximate surface area is 125 Å². The van der Waals surface area contributed by atoms with Crippen LogP contribution in [-0.4, -0.2) is 43.2 Å². The molecule has 0 aliphatic carbocycles. The number of fused-ring (bicyclic) bond motifs is 2. The monoisotopic (exact) mass is 292 g/mol. The molecule has 4 rings (SSSR count). The van der Waals surface area contributed by atoms with Crippen molar-refractivity contribution in [3.63, 3.8) is 0 Å². The Balaban J connectivity index is 1.43. The number of hydrogen-bond donors (Lipinski definition) is 1. The van der Waals surface area contributed by atoms with Gasteiger partial charge in [0.1, 0.15) is 11.9 Å². The van der Waals surface area contributed by atoms with E-state index in [4.69, 9.17) is 16.3 Å². The van der Waals surface area contributed by atoms with Crippen LogP contribution in [0, 0.1) is 5.92 Å². The average molecular weight is 293 g/mol. The van der Waals surface area contributed by atoms with E-state index in [0.29, 0.717) is 6.10 Å². The molecule has 0 amide bonds. The summed E-state index contributed by atoms with van der Waals surface area (Å²) in [5.41, 5.74) is 1.26. The fourth-order valence-electron chi connectivity index (χ4n) is 4.04. The van der Waals surface area contributed by atoms with E-state index in [0.717, 1.165) is 42.2 Å². The zero-order valence-electron chi connectivity index (χ0n) is 11.6. The fraction of sp³-hybridized carbons (Fsp3) is 0.625. The van der Waals surface area contributed by atoms with Gasteiger partial charge in [0.25, 0.3) is 0 Å². The molecule has 2 fully saturated rings. The van der Waals surface area contributed by atoms with Crippen molar-refractivity contribution in [1.29, 1.82) is 0 Å². The van der Waals surface area contributed by atoms with Crippen LogP contribution >= 0.6 is 11.6 Å². The van der Waals surface area contributed by atoms with Crippen LogP contribution in [0.15, 0.2) is 18.2 Å². The first-order valence-corrected chi connectivity index (χ1v) is 8.07. The van der Waals surface area contributed by atoms with Gasteiger partial charge in [0, 0.05) is 30.6 Å². The largest absolute Gasteiger partial charge is 0.488 e. The van der Waals surface area contributed by atoms with Crippen molar-refractivity contribution in [3.05, 3.63) is 28.8 Å². The quantitative estimate of drug-likeness (QED) is 0.905. The summed E-state index contributed by atoms with van der Waals surface area (Å²) in [6, 6.07) is 6.70. The Bertz CT molecular complexity index is 507. The van der Waals surface area contributed by atoms with Crippen LogP contribution in [0.2, 0.25) is 5.02 Å². The normalized spacial score (nSPS) is 32.8. The predicted octanol–water partition coefficient (Wildman–Crippen LogP) is 2.33. The summed E-state index contributed by atoms with van der Waals surface area (Å²) in [7, 11) is 0. The molecule has 108 valence electrons. The lowest BCUT2D eigenvalue weighted by molar-refractivity contribution is 0.0771. The zero-order chi connectivity index (χ0) is 13.5. The lowest BCUT2D eigenvalue weighted by Crippen LogP contribution is -2.48. The maximum atomic E-state index is 6.09. The number of nitrogens with zero attached hydrogens (tertiary/aromatic N) is 1. The first-order chi connectivity index (χ1) is 9.79. The van der Waals surface area contributed by atoms with Gasteiger partial charge in [-0.05, 0) is 55.6 Å². The number of piperidine rings is 1. The molecule has 1 aromatic carbocycles. The van der Waals surface area contributed by atoms with E-state index in [1.165, 1.54) is 31.5 Å². The van der Waals surface area contributed by atoms with E-state index < -0.39 is 0 Å². The lowest BCUT2D eigenvalue weighted by Gasteiger charge is -2.38. The minimum atomic E-state index is 0.294. The molecule has 3 aliphatic heterocycles. The van der Waals surface area contributed by atoms with Gasteiger partial charge in [0.2, 0.25) is 0 Å². The van der Waals surface area contributed by atoms with Gasteiger partial charge in [-0.3, -0.25) is 4.90 Å². The van der Waals surface area contributed by atoms with Crippen molar-refractivity contribution in [2.45, 2.75) is 31.4 Å². The molecule has 0 radical (unpaired) electrons. The number of rotatable bonds is 2. The number of benzene rings is 1. The van der Waals surface area contributed by atoms with E-state index in [1.807, 2.05) is 18.2 Å². The summed E-state index contributed by atoms with van der Waals surface area (Å²) in [6.07, 6.45) is 4.00. The summed E-state index contributed by atoms with van der Waals surface area (Å²) in [6.45, 7) is 4.62.